The number of carbonyl (C=O) groups is 1. The van der Waals surface area contributed by atoms with Crippen LogP contribution in [0, 0.1) is 0 Å². The van der Waals surface area contributed by atoms with Crippen LogP contribution in [0.25, 0.3) is 10.4 Å². The van der Waals surface area contributed by atoms with Crippen molar-refractivity contribution >= 4 is 5.91 Å². The molecular formula is C7H8N4O2. The molecule has 0 radical (unpaired) electrons. The molecule has 1 amide bonds. The van der Waals surface area contributed by atoms with Crippen LogP contribution in [0.1, 0.15) is 10.6 Å². The van der Waals surface area contributed by atoms with Gasteiger partial charge in [-0.1, -0.05) is 5.11 Å². The van der Waals surface area contributed by atoms with Crippen LogP contribution in [0.4, 0.5) is 0 Å². The number of rotatable bonds is 4. The zero-order chi connectivity index (χ0) is 9.52. The number of carbonyl (C=O) groups excluding carboxylic acids is 1. The van der Waals surface area contributed by atoms with Crippen molar-refractivity contribution in [3.63, 3.8) is 0 Å². The predicted octanol–water partition coefficient (Wildman–Crippen LogP) is 1.32. The second-order valence-corrected chi connectivity index (χ2v) is 2.19. The van der Waals surface area contributed by atoms with E-state index in [2.05, 4.69) is 15.3 Å². The molecule has 0 aliphatic rings. The highest BCUT2D eigenvalue weighted by Crippen LogP contribution is 1.98. The maximum absolute atomic E-state index is 11.1. The van der Waals surface area contributed by atoms with Crippen LogP contribution in [0.3, 0.4) is 0 Å². The third-order valence-corrected chi connectivity index (χ3v) is 1.31. The second kappa shape index (κ2) is 4.84. The van der Waals surface area contributed by atoms with Crippen LogP contribution >= 0.6 is 0 Å². The van der Waals surface area contributed by atoms with Crippen molar-refractivity contribution in [1.82, 2.24) is 5.32 Å². The first-order chi connectivity index (χ1) is 6.34. The fourth-order valence-corrected chi connectivity index (χ4v) is 0.759. The molecule has 1 heterocycles. The Labute approximate surface area is 74.2 Å². The van der Waals surface area contributed by atoms with Gasteiger partial charge in [0.15, 0.2) is 5.76 Å². The molecule has 0 aliphatic carbocycles. The smallest absolute Gasteiger partial charge is 0.286 e. The fourth-order valence-electron chi connectivity index (χ4n) is 0.759. The zero-order valence-corrected chi connectivity index (χ0v) is 6.80. The maximum Gasteiger partial charge on any atom is 0.286 e. The van der Waals surface area contributed by atoms with Gasteiger partial charge in [0.25, 0.3) is 5.91 Å². The number of hydrogen-bond acceptors (Lipinski definition) is 3. The third kappa shape index (κ3) is 2.88. The Balaban J connectivity index is 2.30. The highest BCUT2D eigenvalue weighted by atomic mass is 16.3. The normalized spacial score (nSPS) is 8.92. The van der Waals surface area contributed by atoms with Crippen molar-refractivity contribution in [2.75, 3.05) is 13.1 Å². The molecule has 1 aromatic heterocycles. The lowest BCUT2D eigenvalue weighted by molar-refractivity contribution is 0.0927. The summed E-state index contributed by atoms with van der Waals surface area (Å²) >= 11 is 0. The van der Waals surface area contributed by atoms with Crippen LogP contribution in [0.2, 0.25) is 0 Å². The van der Waals surface area contributed by atoms with Crippen molar-refractivity contribution in [3.05, 3.63) is 34.6 Å². The number of hydrogen-bond donors (Lipinski definition) is 1. The van der Waals surface area contributed by atoms with Gasteiger partial charge in [-0.2, -0.15) is 0 Å². The summed E-state index contributed by atoms with van der Waals surface area (Å²) in [6.07, 6.45) is 1.42. The molecule has 6 nitrogen and oxygen atoms in total. The molecule has 1 aromatic rings. The molecule has 0 saturated heterocycles. The first-order valence-electron chi connectivity index (χ1n) is 3.67. The van der Waals surface area contributed by atoms with E-state index in [1.807, 2.05) is 0 Å². The van der Waals surface area contributed by atoms with Gasteiger partial charge >= 0.3 is 0 Å². The van der Waals surface area contributed by atoms with E-state index >= 15 is 0 Å². The van der Waals surface area contributed by atoms with Crippen molar-refractivity contribution in [2.45, 2.75) is 0 Å². The Hall–Kier alpha value is -1.94. The Morgan fingerprint density at radius 1 is 1.77 bits per heavy atom. The molecule has 0 spiro atoms. The van der Waals surface area contributed by atoms with Gasteiger partial charge in [0.2, 0.25) is 0 Å². The summed E-state index contributed by atoms with van der Waals surface area (Å²) in [6.45, 7) is 0.548. The maximum atomic E-state index is 11.1. The standard InChI is InChI=1S/C7H8N4O2/c8-11-10-4-3-9-7(12)6-2-1-5-13-6/h1-2,5H,3-4H2,(H,9,12). The minimum atomic E-state index is -0.307. The number of amides is 1. The summed E-state index contributed by atoms with van der Waals surface area (Å²) in [4.78, 5) is 13.7. The Morgan fingerprint density at radius 2 is 2.62 bits per heavy atom. The van der Waals surface area contributed by atoms with E-state index in [-0.39, 0.29) is 18.2 Å². The Kier molecular flexibility index (Phi) is 3.41. The summed E-state index contributed by atoms with van der Waals surface area (Å²) in [5.74, 6) is -0.0564. The van der Waals surface area contributed by atoms with E-state index in [9.17, 15) is 4.79 Å². The van der Waals surface area contributed by atoms with E-state index in [0.29, 0.717) is 6.54 Å². The molecule has 68 valence electrons. The van der Waals surface area contributed by atoms with Crippen LogP contribution in [-0.4, -0.2) is 19.0 Å². The lowest BCUT2D eigenvalue weighted by Gasteiger charge is -1.98. The third-order valence-electron chi connectivity index (χ3n) is 1.31. The van der Waals surface area contributed by atoms with Crippen molar-refractivity contribution in [3.8, 4) is 0 Å². The number of furan rings is 1. The molecule has 6 heteroatoms. The van der Waals surface area contributed by atoms with Crippen LogP contribution in [0.5, 0.6) is 0 Å². The molecule has 0 fully saturated rings. The summed E-state index contributed by atoms with van der Waals surface area (Å²) in [7, 11) is 0. The summed E-state index contributed by atoms with van der Waals surface area (Å²) in [6, 6.07) is 3.19. The van der Waals surface area contributed by atoms with Crippen molar-refractivity contribution in [2.24, 2.45) is 5.11 Å². The van der Waals surface area contributed by atoms with Crippen LogP contribution < -0.4 is 5.32 Å². The van der Waals surface area contributed by atoms with Gasteiger partial charge in [-0.3, -0.25) is 4.79 Å². The fraction of sp³-hybridized carbons (Fsp3) is 0.286. The average Bonchev–Trinajstić information content (AvgIpc) is 2.65. The van der Waals surface area contributed by atoms with Gasteiger partial charge < -0.3 is 9.73 Å². The largest absolute Gasteiger partial charge is 0.459 e. The van der Waals surface area contributed by atoms with Crippen LogP contribution in [-0.2, 0) is 0 Å². The molecule has 1 rings (SSSR count). The first-order valence-corrected chi connectivity index (χ1v) is 3.67. The minimum Gasteiger partial charge on any atom is -0.459 e. The van der Waals surface area contributed by atoms with E-state index in [1.165, 1.54) is 6.26 Å². The molecule has 0 unspecified atom stereocenters. The monoisotopic (exact) mass is 180 g/mol. The van der Waals surface area contributed by atoms with E-state index in [0.717, 1.165) is 0 Å². The lowest BCUT2D eigenvalue weighted by atomic mass is 10.4. The SMILES string of the molecule is [N-]=[N+]=NCCNC(=O)c1ccco1. The molecule has 0 aliphatic heterocycles. The average molecular weight is 180 g/mol. The first kappa shape index (κ1) is 9.15. The Bertz CT molecular complexity index is 313. The quantitative estimate of drug-likeness (QED) is 0.327. The minimum absolute atomic E-state index is 0.239. The van der Waals surface area contributed by atoms with Crippen LogP contribution in [0.15, 0.2) is 27.9 Å². The number of azide groups is 1. The molecule has 0 saturated carbocycles. The van der Waals surface area contributed by atoms with E-state index < -0.39 is 0 Å². The Morgan fingerprint density at radius 3 is 3.23 bits per heavy atom. The van der Waals surface area contributed by atoms with Gasteiger partial charge in [-0.15, -0.1) is 0 Å². The summed E-state index contributed by atoms with van der Waals surface area (Å²) < 4.78 is 4.84. The predicted molar refractivity (Wildman–Crippen MR) is 45.1 cm³/mol. The second-order valence-electron chi connectivity index (χ2n) is 2.19. The highest BCUT2D eigenvalue weighted by molar-refractivity contribution is 5.91. The molecule has 0 bridgehead atoms. The summed E-state index contributed by atoms with van der Waals surface area (Å²) in [5, 5.41) is 5.78. The molecule has 0 atom stereocenters. The molecular weight excluding hydrogens is 172 g/mol. The molecule has 0 aromatic carbocycles. The van der Waals surface area contributed by atoms with E-state index in [4.69, 9.17) is 9.95 Å². The number of nitrogens with one attached hydrogen (secondary N) is 1. The zero-order valence-electron chi connectivity index (χ0n) is 6.80. The van der Waals surface area contributed by atoms with Gasteiger partial charge in [-0.25, -0.2) is 0 Å². The van der Waals surface area contributed by atoms with Gasteiger partial charge in [0, 0.05) is 18.0 Å². The van der Waals surface area contributed by atoms with E-state index in [1.54, 1.807) is 12.1 Å². The topological polar surface area (TPSA) is 91.0 Å². The number of nitrogens with zero attached hydrogens (tertiary/aromatic N) is 3. The molecule has 1 N–H and O–H groups in total. The summed E-state index contributed by atoms with van der Waals surface area (Å²) in [5.41, 5.74) is 7.94. The van der Waals surface area contributed by atoms with Gasteiger partial charge in [-0.05, 0) is 17.7 Å². The highest BCUT2D eigenvalue weighted by Gasteiger charge is 2.05. The van der Waals surface area contributed by atoms with Crippen molar-refractivity contribution < 1.29 is 9.21 Å². The van der Waals surface area contributed by atoms with Gasteiger partial charge in [0.05, 0.1) is 6.26 Å². The molecule has 13 heavy (non-hydrogen) atoms. The lowest BCUT2D eigenvalue weighted by Crippen LogP contribution is -2.25. The van der Waals surface area contributed by atoms with Crippen molar-refractivity contribution in [1.29, 1.82) is 0 Å². The van der Waals surface area contributed by atoms with Gasteiger partial charge in [0.1, 0.15) is 0 Å².